The van der Waals surface area contributed by atoms with Gasteiger partial charge in [0.1, 0.15) is 0 Å². The van der Waals surface area contributed by atoms with Crippen LogP contribution in [0.5, 0.6) is 11.5 Å². The number of carbonyl (C=O) groups is 1. The number of rotatable bonds is 3. The topological polar surface area (TPSA) is 66.8 Å². The number of phenolic OH excluding ortho intramolecular Hbond substituents is 2. The normalized spacial score (nSPS) is 41.3. The summed E-state index contributed by atoms with van der Waals surface area (Å²) < 4.78 is 5.60. The number of ether oxygens (including phenoxy) is 1. The van der Waals surface area contributed by atoms with Gasteiger partial charge in [0.2, 0.25) is 0 Å². The van der Waals surface area contributed by atoms with E-state index in [-0.39, 0.29) is 39.1 Å². The molecule has 36 heavy (non-hydrogen) atoms. The molecule has 0 unspecified atom stereocenters. The first-order valence-electron chi connectivity index (χ1n) is 14.3. The fraction of sp³-hybridized carbons (Fsp3) is 0.719. The van der Waals surface area contributed by atoms with Crippen LogP contribution in [-0.2, 0) is 21.4 Å². The molecule has 0 saturated heterocycles. The molecule has 3 saturated carbocycles. The van der Waals surface area contributed by atoms with Gasteiger partial charge in [0.15, 0.2) is 11.5 Å². The van der Waals surface area contributed by atoms with Crippen LogP contribution in [0.3, 0.4) is 0 Å². The third kappa shape index (κ3) is 3.08. The lowest BCUT2D eigenvalue weighted by atomic mass is 9.33. The van der Waals surface area contributed by atoms with Gasteiger partial charge in [0.25, 0.3) is 0 Å². The van der Waals surface area contributed by atoms with E-state index in [9.17, 15) is 15.0 Å². The molecular formula is C32H46O4. The van der Waals surface area contributed by atoms with Gasteiger partial charge in [0, 0.05) is 5.41 Å². The van der Waals surface area contributed by atoms with Gasteiger partial charge in [-0.2, -0.15) is 0 Å². The molecule has 4 aliphatic carbocycles. The van der Waals surface area contributed by atoms with E-state index in [1.165, 1.54) is 29.5 Å². The van der Waals surface area contributed by atoms with Crippen LogP contribution in [0, 0.1) is 34.5 Å². The summed E-state index contributed by atoms with van der Waals surface area (Å²) in [5.41, 5.74) is 4.58. The highest BCUT2D eigenvalue weighted by atomic mass is 16.5. The molecule has 0 amide bonds. The average molecular weight is 495 g/mol. The fourth-order valence-corrected chi connectivity index (χ4v) is 9.76. The minimum Gasteiger partial charge on any atom is -0.504 e. The molecule has 4 heteroatoms. The van der Waals surface area contributed by atoms with Gasteiger partial charge in [0.05, 0.1) is 12.0 Å². The zero-order valence-electron chi connectivity index (χ0n) is 23.5. The Morgan fingerprint density at radius 3 is 2.39 bits per heavy atom. The number of fused-ring (bicyclic) bond motifs is 7. The molecule has 1 aromatic carbocycles. The largest absolute Gasteiger partial charge is 0.504 e. The highest BCUT2D eigenvalue weighted by Crippen LogP contribution is 2.75. The number of hydrogen-bond acceptors (Lipinski definition) is 4. The molecule has 198 valence electrons. The first kappa shape index (κ1) is 25.7. The molecule has 3 fully saturated rings. The molecule has 0 aromatic heterocycles. The summed E-state index contributed by atoms with van der Waals surface area (Å²) in [5, 5.41) is 21.0. The zero-order valence-corrected chi connectivity index (χ0v) is 23.5. The fourth-order valence-electron chi connectivity index (χ4n) is 9.76. The molecular weight excluding hydrogens is 448 g/mol. The second-order valence-corrected chi connectivity index (χ2v) is 13.6. The van der Waals surface area contributed by atoms with Crippen molar-refractivity contribution in [2.24, 2.45) is 27.6 Å². The van der Waals surface area contributed by atoms with E-state index in [4.69, 9.17) is 4.74 Å². The van der Waals surface area contributed by atoms with Crippen molar-refractivity contribution in [3.8, 4) is 11.5 Å². The Kier molecular flexibility index (Phi) is 5.71. The second-order valence-electron chi connectivity index (χ2n) is 13.6. The molecule has 4 aliphatic rings. The molecule has 2 N–H and O–H groups in total. The highest BCUT2D eigenvalue weighted by Gasteiger charge is 2.68. The minimum absolute atomic E-state index is 0.0000840. The lowest BCUT2D eigenvalue weighted by Gasteiger charge is -2.70. The van der Waals surface area contributed by atoms with Gasteiger partial charge < -0.3 is 14.9 Å². The van der Waals surface area contributed by atoms with Crippen molar-refractivity contribution in [2.75, 3.05) is 6.61 Å². The summed E-state index contributed by atoms with van der Waals surface area (Å²) in [6, 6.07) is 1.85. The van der Waals surface area contributed by atoms with Gasteiger partial charge in [-0.05, 0) is 123 Å². The molecule has 4 nitrogen and oxygen atoms in total. The smallest absolute Gasteiger partial charge is 0.311 e. The molecule has 5 rings (SSSR count). The number of aromatic hydroxyl groups is 2. The number of phenols is 2. The lowest BCUT2D eigenvalue weighted by Crippen LogP contribution is -2.63. The van der Waals surface area contributed by atoms with E-state index in [2.05, 4.69) is 40.7 Å². The van der Waals surface area contributed by atoms with Crippen molar-refractivity contribution < 1.29 is 19.7 Å². The van der Waals surface area contributed by atoms with Gasteiger partial charge >= 0.3 is 5.97 Å². The monoisotopic (exact) mass is 494 g/mol. The van der Waals surface area contributed by atoms with Crippen LogP contribution in [0.1, 0.15) is 110 Å². The van der Waals surface area contributed by atoms with E-state index in [0.717, 1.165) is 50.5 Å². The maximum absolute atomic E-state index is 13.2. The summed E-state index contributed by atoms with van der Waals surface area (Å²) in [7, 11) is 0. The first-order chi connectivity index (χ1) is 16.8. The number of esters is 1. The Hall–Kier alpha value is -1.97. The molecule has 0 spiro atoms. The van der Waals surface area contributed by atoms with E-state index < -0.39 is 5.41 Å². The van der Waals surface area contributed by atoms with Crippen LogP contribution < -0.4 is 0 Å². The zero-order chi connectivity index (χ0) is 26.3. The first-order valence-corrected chi connectivity index (χ1v) is 14.3. The van der Waals surface area contributed by atoms with Crippen molar-refractivity contribution in [1.82, 2.24) is 0 Å². The molecule has 0 radical (unpaired) electrons. The van der Waals surface area contributed by atoms with Crippen molar-refractivity contribution in [1.29, 1.82) is 0 Å². The second kappa shape index (κ2) is 8.01. The minimum atomic E-state index is -0.407. The predicted molar refractivity (Wildman–Crippen MR) is 143 cm³/mol. The molecule has 6 atom stereocenters. The molecule has 1 aromatic rings. The van der Waals surface area contributed by atoms with E-state index in [1.807, 2.05) is 19.9 Å². The Morgan fingerprint density at radius 2 is 1.72 bits per heavy atom. The van der Waals surface area contributed by atoms with Crippen LogP contribution >= 0.6 is 0 Å². The van der Waals surface area contributed by atoms with Crippen molar-refractivity contribution >= 4 is 5.97 Å². The summed E-state index contributed by atoms with van der Waals surface area (Å²) in [6.07, 6.45) is 11.8. The summed E-state index contributed by atoms with van der Waals surface area (Å²) in [5.74, 6) is 0.481. The standard InChI is InChI=1S/C32H46O4/c1-8-32-17-15-30(6)22-18-23(33)26(34)20(3)21(22)10-11-24(30)31(32,7)16-14-28(4)12-13-29(5,19-25(28)32)27(35)36-9-2/h11,18,25,33-34H,8-10,12-17,19H2,1-7H3/t25-,28-,29-,30+,31-,32+/m1/s1. The Bertz CT molecular complexity index is 1140. The van der Waals surface area contributed by atoms with Crippen molar-refractivity contribution in [3.05, 3.63) is 34.4 Å². The van der Waals surface area contributed by atoms with Gasteiger partial charge in [-0.25, -0.2) is 0 Å². The third-order valence-electron chi connectivity index (χ3n) is 12.1. The maximum Gasteiger partial charge on any atom is 0.311 e. The van der Waals surface area contributed by atoms with Crippen molar-refractivity contribution in [2.45, 2.75) is 112 Å². The van der Waals surface area contributed by atoms with E-state index in [0.29, 0.717) is 12.5 Å². The van der Waals surface area contributed by atoms with Crippen LogP contribution in [0.25, 0.3) is 0 Å². The Balaban J connectivity index is 1.62. The van der Waals surface area contributed by atoms with E-state index in [1.54, 1.807) is 0 Å². The van der Waals surface area contributed by atoms with Crippen LogP contribution in [0.4, 0.5) is 0 Å². The van der Waals surface area contributed by atoms with Gasteiger partial charge in [-0.3, -0.25) is 4.79 Å². The summed E-state index contributed by atoms with van der Waals surface area (Å²) >= 11 is 0. The van der Waals surface area contributed by atoms with Gasteiger partial charge in [-0.15, -0.1) is 0 Å². The molecule has 0 heterocycles. The van der Waals surface area contributed by atoms with Crippen LogP contribution in [0.15, 0.2) is 17.7 Å². The van der Waals surface area contributed by atoms with Crippen molar-refractivity contribution in [3.63, 3.8) is 0 Å². The van der Waals surface area contributed by atoms with E-state index >= 15 is 0 Å². The number of hydrogen-bond donors (Lipinski definition) is 2. The predicted octanol–water partition coefficient (Wildman–Crippen LogP) is 7.51. The molecule has 0 aliphatic heterocycles. The highest BCUT2D eigenvalue weighted by molar-refractivity contribution is 5.76. The Morgan fingerprint density at radius 1 is 1.03 bits per heavy atom. The lowest BCUT2D eigenvalue weighted by molar-refractivity contribution is -0.186. The number of benzene rings is 1. The quantitative estimate of drug-likeness (QED) is 0.259. The van der Waals surface area contributed by atoms with Gasteiger partial charge in [-0.1, -0.05) is 39.3 Å². The Labute approximate surface area is 217 Å². The average Bonchev–Trinajstić information content (AvgIpc) is 2.84. The SMILES string of the molecule is CCOC(=O)[C@]1(C)CC[C@]2(C)CC[C@]3(C)C4=CCc5c(cc(O)c(O)c5C)[C@]4(C)CC[C@@]3(CC)[C@@H]2C1. The third-order valence-corrected chi connectivity index (χ3v) is 12.1. The summed E-state index contributed by atoms with van der Waals surface area (Å²) in [6.45, 7) is 16.2. The number of allylic oxidation sites excluding steroid dienone is 2. The van der Waals surface area contributed by atoms with Crippen LogP contribution in [0.2, 0.25) is 0 Å². The van der Waals surface area contributed by atoms with Crippen LogP contribution in [-0.4, -0.2) is 22.8 Å². The summed E-state index contributed by atoms with van der Waals surface area (Å²) in [4.78, 5) is 13.2. The molecule has 0 bridgehead atoms. The maximum atomic E-state index is 13.2. The number of carbonyl (C=O) groups excluding carboxylic acids is 1.